The van der Waals surface area contributed by atoms with Crippen LogP contribution >= 0.6 is 11.6 Å². The number of halogens is 1. The van der Waals surface area contributed by atoms with E-state index in [2.05, 4.69) is 10.6 Å². The fraction of sp³-hybridized carbons (Fsp3) is 0.263. The Morgan fingerprint density at radius 1 is 1.00 bits per heavy atom. The molecule has 26 heavy (non-hydrogen) atoms. The summed E-state index contributed by atoms with van der Waals surface area (Å²) in [5, 5.41) is 6.14. The highest BCUT2D eigenvalue weighted by Gasteiger charge is 2.48. The summed E-state index contributed by atoms with van der Waals surface area (Å²) >= 11 is 5.91. The van der Waals surface area contributed by atoms with Crippen LogP contribution in [0.1, 0.15) is 6.42 Å². The number of methoxy groups -OCH3 is 2. The lowest BCUT2D eigenvalue weighted by atomic mass is 10.2. The van der Waals surface area contributed by atoms with Gasteiger partial charge in [0.15, 0.2) is 0 Å². The van der Waals surface area contributed by atoms with E-state index in [-0.39, 0.29) is 23.7 Å². The molecule has 6 nitrogen and oxygen atoms in total. The van der Waals surface area contributed by atoms with E-state index >= 15 is 0 Å². The van der Waals surface area contributed by atoms with Crippen LogP contribution in [0.3, 0.4) is 0 Å². The Bertz CT molecular complexity index is 840. The fourth-order valence-electron chi connectivity index (χ4n) is 2.70. The smallest absolute Gasteiger partial charge is 0.228 e. The maximum Gasteiger partial charge on any atom is 0.228 e. The minimum atomic E-state index is -0.360. The standard InChI is InChI=1S/C19H19ClN2O4/c1-25-13-6-7-16(17(9-13)26-2)22-19(24)15-10-14(15)18(23)21-12-5-3-4-11(20)8-12/h3-9,14-15H,10H2,1-2H3,(H,21,23)(H,22,24). The Morgan fingerprint density at radius 3 is 2.38 bits per heavy atom. The van der Waals surface area contributed by atoms with Crippen LogP contribution < -0.4 is 20.1 Å². The molecule has 0 bridgehead atoms. The van der Waals surface area contributed by atoms with Crippen molar-refractivity contribution in [3.8, 4) is 11.5 Å². The van der Waals surface area contributed by atoms with Gasteiger partial charge in [-0.2, -0.15) is 0 Å². The second-order valence-electron chi connectivity index (χ2n) is 6.00. The normalized spacial score (nSPS) is 18.0. The van der Waals surface area contributed by atoms with Crippen LogP contribution in [0.2, 0.25) is 5.02 Å². The van der Waals surface area contributed by atoms with Gasteiger partial charge in [0.2, 0.25) is 11.8 Å². The molecular weight excluding hydrogens is 356 g/mol. The average molecular weight is 375 g/mol. The van der Waals surface area contributed by atoms with Gasteiger partial charge in [-0.3, -0.25) is 9.59 Å². The van der Waals surface area contributed by atoms with Gasteiger partial charge in [-0.15, -0.1) is 0 Å². The van der Waals surface area contributed by atoms with Gasteiger partial charge in [0, 0.05) is 16.8 Å². The molecule has 2 amide bonds. The summed E-state index contributed by atoms with van der Waals surface area (Å²) < 4.78 is 10.4. The molecule has 1 aliphatic rings. The highest BCUT2D eigenvalue weighted by molar-refractivity contribution is 6.30. The number of anilines is 2. The van der Waals surface area contributed by atoms with E-state index in [4.69, 9.17) is 21.1 Å². The van der Waals surface area contributed by atoms with Crippen molar-refractivity contribution in [2.24, 2.45) is 11.8 Å². The zero-order valence-corrected chi connectivity index (χ0v) is 15.2. The number of benzene rings is 2. The third-order valence-electron chi connectivity index (χ3n) is 4.22. The van der Waals surface area contributed by atoms with Crippen LogP contribution in [0.25, 0.3) is 0 Å². The zero-order valence-electron chi connectivity index (χ0n) is 14.4. The predicted molar refractivity (Wildman–Crippen MR) is 99.9 cm³/mol. The number of hydrogen-bond donors (Lipinski definition) is 2. The van der Waals surface area contributed by atoms with Crippen LogP contribution in [0, 0.1) is 11.8 Å². The van der Waals surface area contributed by atoms with Gasteiger partial charge >= 0.3 is 0 Å². The minimum Gasteiger partial charge on any atom is -0.497 e. The highest BCUT2D eigenvalue weighted by Crippen LogP contribution is 2.41. The molecular formula is C19H19ClN2O4. The molecule has 0 radical (unpaired) electrons. The Hall–Kier alpha value is -2.73. The molecule has 2 atom stereocenters. The molecule has 2 unspecified atom stereocenters. The number of amides is 2. The van der Waals surface area contributed by atoms with E-state index in [0.717, 1.165) is 0 Å². The second-order valence-corrected chi connectivity index (χ2v) is 6.44. The molecule has 0 saturated heterocycles. The Balaban J connectivity index is 1.60. The third-order valence-corrected chi connectivity index (χ3v) is 4.46. The van der Waals surface area contributed by atoms with E-state index < -0.39 is 0 Å². The molecule has 0 spiro atoms. The number of carbonyl (C=O) groups is 2. The van der Waals surface area contributed by atoms with Gasteiger partial charge in [0.25, 0.3) is 0 Å². The van der Waals surface area contributed by atoms with Crippen LogP contribution in [0.15, 0.2) is 42.5 Å². The number of ether oxygens (including phenoxy) is 2. The molecule has 3 rings (SSSR count). The number of carbonyl (C=O) groups excluding carboxylic acids is 2. The summed E-state index contributed by atoms with van der Waals surface area (Å²) in [5.74, 6) is 0.0244. The van der Waals surface area contributed by atoms with Gasteiger partial charge in [-0.25, -0.2) is 0 Å². The quantitative estimate of drug-likeness (QED) is 0.810. The number of rotatable bonds is 6. The second kappa shape index (κ2) is 7.66. The lowest BCUT2D eigenvalue weighted by molar-refractivity contribution is -0.122. The van der Waals surface area contributed by atoms with Gasteiger partial charge < -0.3 is 20.1 Å². The molecule has 7 heteroatoms. The summed E-state index contributed by atoms with van der Waals surface area (Å²) in [4.78, 5) is 24.7. The van der Waals surface area contributed by atoms with E-state index in [9.17, 15) is 9.59 Å². The first-order valence-electron chi connectivity index (χ1n) is 8.11. The molecule has 1 fully saturated rings. The van der Waals surface area contributed by atoms with E-state index in [1.165, 1.54) is 7.11 Å². The van der Waals surface area contributed by atoms with E-state index in [1.54, 1.807) is 49.6 Å². The zero-order chi connectivity index (χ0) is 18.7. The van der Waals surface area contributed by atoms with Crippen LogP contribution in [0.5, 0.6) is 11.5 Å². The Kier molecular flexibility index (Phi) is 5.32. The number of hydrogen-bond acceptors (Lipinski definition) is 4. The molecule has 2 N–H and O–H groups in total. The fourth-order valence-corrected chi connectivity index (χ4v) is 2.89. The molecule has 0 aliphatic heterocycles. The number of nitrogens with one attached hydrogen (secondary N) is 2. The van der Waals surface area contributed by atoms with Crippen molar-refractivity contribution in [3.05, 3.63) is 47.5 Å². The molecule has 0 heterocycles. The van der Waals surface area contributed by atoms with E-state index in [0.29, 0.717) is 34.3 Å². The van der Waals surface area contributed by atoms with Gasteiger partial charge in [0.1, 0.15) is 11.5 Å². The largest absolute Gasteiger partial charge is 0.497 e. The maximum absolute atomic E-state index is 12.4. The van der Waals surface area contributed by atoms with Crippen molar-refractivity contribution in [1.29, 1.82) is 0 Å². The molecule has 2 aromatic rings. The predicted octanol–water partition coefficient (Wildman–Crippen LogP) is 3.57. The highest BCUT2D eigenvalue weighted by atomic mass is 35.5. The first-order chi connectivity index (χ1) is 12.5. The summed E-state index contributed by atoms with van der Waals surface area (Å²) in [7, 11) is 3.07. The van der Waals surface area contributed by atoms with Crippen LogP contribution in [-0.4, -0.2) is 26.0 Å². The van der Waals surface area contributed by atoms with Crippen molar-refractivity contribution in [2.75, 3.05) is 24.9 Å². The SMILES string of the molecule is COc1ccc(NC(=O)C2CC2C(=O)Nc2cccc(Cl)c2)c(OC)c1. The molecule has 0 aromatic heterocycles. The first-order valence-corrected chi connectivity index (χ1v) is 8.49. The topological polar surface area (TPSA) is 76.7 Å². The summed E-state index contributed by atoms with van der Waals surface area (Å²) in [5.41, 5.74) is 1.16. The third kappa shape index (κ3) is 4.08. The Labute approximate surface area is 156 Å². The van der Waals surface area contributed by atoms with Crippen molar-refractivity contribution in [1.82, 2.24) is 0 Å². The lowest BCUT2D eigenvalue weighted by Gasteiger charge is -2.11. The van der Waals surface area contributed by atoms with Crippen molar-refractivity contribution in [3.63, 3.8) is 0 Å². The summed E-state index contributed by atoms with van der Waals surface area (Å²) in [6.45, 7) is 0. The molecule has 2 aromatic carbocycles. The maximum atomic E-state index is 12.4. The van der Waals surface area contributed by atoms with Crippen molar-refractivity contribution >= 4 is 34.8 Å². The Morgan fingerprint density at radius 2 is 1.73 bits per heavy atom. The first kappa shape index (κ1) is 18.1. The molecule has 1 saturated carbocycles. The minimum absolute atomic E-state index is 0.186. The monoisotopic (exact) mass is 374 g/mol. The van der Waals surface area contributed by atoms with Crippen molar-refractivity contribution in [2.45, 2.75) is 6.42 Å². The summed E-state index contributed by atoms with van der Waals surface area (Å²) in [6.07, 6.45) is 0.511. The van der Waals surface area contributed by atoms with Crippen LogP contribution in [0.4, 0.5) is 11.4 Å². The van der Waals surface area contributed by atoms with Gasteiger partial charge in [-0.1, -0.05) is 17.7 Å². The van der Waals surface area contributed by atoms with Crippen LogP contribution in [-0.2, 0) is 9.59 Å². The molecule has 136 valence electrons. The van der Waals surface area contributed by atoms with E-state index in [1.807, 2.05) is 0 Å². The average Bonchev–Trinajstić information content (AvgIpc) is 3.43. The van der Waals surface area contributed by atoms with Crippen molar-refractivity contribution < 1.29 is 19.1 Å². The molecule has 1 aliphatic carbocycles. The van der Waals surface area contributed by atoms with Gasteiger partial charge in [-0.05, 0) is 36.8 Å². The lowest BCUT2D eigenvalue weighted by Crippen LogP contribution is -2.20. The summed E-state index contributed by atoms with van der Waals surface area (Å²) in [6, 6.07) is 12.0. The van der Waals surface area contributed by atoms with Gasteiger partial charge in [0.05, 0.1) is 31.7 Å².